The van der Waals surface area contributed by atoms with Crippen molar-refractivity contribution in [1.82, 2.24) is 0 Å². The first kappa shape index (κ1) is 28.7. The summed E-state index contributed by atoms with van der Waals surface area (Å²) in [5.41, 5.74) is 16.5. The molecule has 2 heteroatoms. The summed E-state index contributed by atoms with van der Waals surface area (Å²) < 4.78 is 5.03. The Kier molecular flexibility index (Phi) is 7.08. The van der Waals surface area contributed by atoms with Crippen molar-refractivity contribution in [1.29, 1.82) is 0 Å². The molecule has 2 heterocycles. The molecule has 0 N–H and O–H groups in total. The minimum absolute atomic E-state index is 0.0755. The Bertz CT molecular complexity index is 1720. The van der Waals surface area contributed by atoms with Gasteiger partial charge < -0.3 is 0 Å². The monoisotopic (exact) mass is 578 g/mol. The van der Waals surface area contributed by atoms with Crippen LogP contribution in [0.4, 0.5) is 0 Å². The number of nitrogens with zero attached hydrogens (tertiary/aromatic N) is 2. The molecule has 0 saturated heterocycles. The van der Waals surface area contributed by atoms with E-state index in [0.29, 0.717) is 0 Å². The van der Waals surface area contributed by atoms with E-state index in [9.17, 15) is 0 Å². The average molecular weight is 579 g/mol. The summed E-state index contributed by atoms with van der Waals surface area (Å²) in [7, 11) is 0. The Hall–Kier alpha value is -4.04. The first-order valence-corrected chi connectivity index (χ1v) is 16.7. The van der Waals surface area contributed by atoms with Crippen molar-refractivity contribution in [2.24, 2.45) is 0 Å². The Morgan fingerprint density at radius 3 is 1.20 bits per heavy atom. The van der Waals surface area contributed by atoms with Crippen LogP contribution in [0.3, 0.4) is 0 Å². The van der Waals surface area contributed by atoms with Gasteiger partial charge in [-0.1, -0.05) is 90.8 Å². The molecule has 2 aromatic heterocycles. The van der Waals surface area contributed by atoms with Gasteiger partial charge in [0, 0.05) is 58.1 Å². The van der Waals surface area contributed by atoms with Crippen LogP contribution in [0.25, 0.3) is 44.8 Å². The molecule has 3 aromatic carbocycles. The minimum atomic E-state index is -0.0755. The lowest BCUT2D eigenvalue weighted by molar-refractivity contribution is -0.687. The standard InChI is InChI=1S/C42H46N2/c1-7-9-21-43-27-37-33(25-39(43)29-17-13-11-14-18-29)31-23-36-32(24-35(31)41(37,3)4)34-26-40(30-19-15-12-16-20-30)44(22-10-8-2)28-38(34)42(36,5)6/h11-20,23-28H,7-10,21-22H2,1-6H3/q+2. The van der Waals surface area contributed by atoms with Gasteiger partial charge >= 0.3 is 0 Å². The third kappa shape index (κ3) is 4.45. The maximum absolute atomic E-state index is 2.56. The maximum atomic E-state index is 2.56. The second-order valence-corrected chi connectivity index (χ2v) is 14.0. The molecule has 2 aliphatic carbocycles. The number of fused-ring (bicyclic) bond motifs is 6. The predicted molar refractivity (Wildman–Crippen MR) is 183 cm³/mol. The zero-order chi connectivity index (χ0) is 30.6. The van der Waals surface area contributed by atoms with Crippen LogP contribution in [0.1, 0.15) is 89.5 Å². The molecule has 0 fully saturated rings. The van der Waals surface area contributed by atoms with Crippen molar-refractivity contribution < 1.29 is 9.13 Å². The zero-order valence-electron chi connectivity index (χ0n) is 27.4. The number of hydrogen-bond donors (Lipinski definition) is 0. The highest BCUT2D eigenvalue weighted by molar-refractivity contribution is 5.90. The van der Waals surface area contributed by atoms with E-state index in [-0.39, 0.29) is 10.8 Å². The van der Waals surface area contributed by atoms with Crippen molar-refractivity contribution in [3.8, 4) is 44.8 Å². The molecule has 0 unspecified atom stereocenters. The lowest BCUT2D eigenvalue weighted by Crippen LogP contribution is -2.38. The molecule has 5 aromatic rings. The predicted octanol–water partition coefficient (Wildman–Crippen LogP) is 9.81. The first-order valence-electron chi connectivity index (χ1n) is 16.7. The molecule has 0 saturated carbocycles. The van der Waals surface area contributed by atoms with Crippen LogP contribution >= 0.6 is 0 Å². The fourth-order valence-corrected chi connectivity index (χ4v) is 7.74. The van der Waals surface area contributed by atoms with Crippen molar-refractivity contribution in [2.75, 3.05) is 0 Å². The molecule has 0 amide bonds. The fraction of sp³-hybridized carbons (Fsp3) is 0.333. The van der Waals surface area contributed by atoms with Crippen molar-refractivity contribution >= 4 is 0 Å². The molecule has 0 radical (unpaired) electrons. The van der Waals surface area contributed by atoms with Crippen LogP contribution in [-0.4, -0.2) is 0 Å². The summed E-state index contributed by atoms with van der Waals surface area (Å²) in [6.45, 7) is 16.4. The van der Waals surface area contributed by atoms with Crippen LogP contribution in [0.15, 0.2) is 97.3 Å². The van der Waals surface area contributed by atoms with E-state index in [4.69, 9.17) is 0 Å². The van der Waals surface area contributed by atoms with Gasteiger partial charge in [0.05, 0.1) is 0 Å². The smallest absolute Gasteiger partial charge is 0.198 e. The van der Waals surface area contributed by atoms with Crippen molar-refractivity contribution in [3.05, 3.63) is 120 Å². The third-order valence-electron chi connectivity index (χ3n) is 10.4. The summed E-state index contributed by atoms with van der Waals surface area (Å²) in [5.74, 6) is 0. The molecule has 0 atom stereocenters. The SMILES string of the molecule is CCCC[n+]1cc2c(cc1-c1ccccc1)-c1cc3c(cc1C2(C)C)-c1cc(-c2ccccc2)[n+](CCCC)cc1C3(C)C. The Balaban J connectivity index is 1.43. The number of aryl methyl sites for hydroxylation is 2. The fourth-order valence-electron chi connectivity index (χ4n) is 7.74. The van der Waals surface area contributed by atoms with E-state index in [1.807, 2.05) is 0 Å². The summed E-state index contributed by atoms with van der Waals surface area (Å²) in [4.78, 5) is 0. The summed E-state index contributed by atoms with van der Waals surface area (Å²) >= 11 is 0. The molecule has 44 heavy (non-hydrogen) atoms. The molecule has 2 nitrogen and oxygen atoms in total. The second kappa shape index (κ2) is 10.8. The number of hydrogen-bond acceptors (Lipinski definition) is 0. The Morgan fingerprint density at radius 1 is 0.477 bits per heavy atom. The largest absolute Gasteiger partial charge is 0.213 e. The van der Waals surface area contributed by atoms with Crippen molar-refractivity contribution in [3.63, 3.8) is 0 Å². The van der Waals surface area contributed by atoms with E-state index in [0.717, 1.165) is 13.1 Å². The van der Waals surface area contributed by atoms with E-state index in [1.165, 1.54) is 92.7 Å². The van der Waals surface area contributed by atoms with Gasteiger partial charge in [-0.15, -0.1) is 0 Å². The summed E-state index contributed by atoms with van der Waals surface area (Å²) in [5, 5.41) is 0. The second-order valence-electron chi connectivity index (χ2n) is 14.0. The van der Waals surface area contributed by atoms with Crippen LogP contribution in [-0.2, 0) is 23.9 Å². The van der Waals surface area contributed by atoms with Crippen LogP contribution in [0.5, 0.6) is 0 Å². The zero-order valence-corrected chi connectivity index (χ0v) is 27.4. The molecule has 2 aliphatic rings. The number of rotatable bonds is 8. The van der Waals surface area contributed by atoms with Gasteiger partial charge in [0.25, 0.3) is 0 Å². The van der Waals surface area contributed by atoms with E-state index < -0.39 is 0 Å². The van der Waals surface area contributed by atoms with Crippen LogP contribution in [0, 0.1) is 0 Å². The van der Waals surface area contributed by atoms with Gasteiger partial charge in [0.2, 0.25) is 11.4 Å². The molecular weight excluding hydrogens is 532 g/mol. The number of aromatic nitrogens is 2. The quantitative estimate of drug-likeness (QED) is 0.162. The van der Waals surface area contributed by atoms with Gasteiger partial charge in [0.1, 0.15) is 13.1 Å². The van der Waals surface area contributed by atoms with Crippen molar-refractivity contribution in [2.45, 2.75) is 91.1 Å². The van der Waals surface area contributed by atoms with E-state index >= 15 is 0 Å². The highest BCUT2D eigenvalue weighted by Crippen LogP contribution is 2.56. The number of unbranched alkanes of at least 4 members (excludes halogenated alkanes) is 2. The highest BCUT2D eigenvalue weighted by Gasteiger charge is 2.44. The lowest BCUT2D eigenvalue weighted by atomic mass is 9.79. The summed E-state index contributed by atoms with van der Waals surface area (Å²) in [6, 6.07) is 32.0. The third-order valence-corrected chi connectivity index (χ3v) is 10.4. The van der Waals surface area contributed by atoms with Gasteiger partial charge in [-0.2, -0.15) is 9.13 Å². The Labute approximate surface area is 264 Å². The molecule has 0 bridgehead atoms. The normalized spacial score (nSPS) is 15.0. The molecule has 0 spiro atoms. The van der Waals surface area contributed by atoms with Crippen LogP contribution < -0.4 is 9.13 Å². The minimum Gasteiger partial charge on any atom is -0.198 e. The van der Waals surface area contributed by atoms with Gasteiger partial charge in [-0.3, -0.25) is 0 Å². The molecule has 222 valence electrons. The van der Waals surface area contributed by atoms with Gasteiger partial charge in [-0.05, 0) is 69.8 Å². The maximum Gasteiger partial charge on any atom is 0.213 e. The van der Waals surface area contributed by atoms with Crippen LogP contribution in [0.2, 0.25) is 0 Å². The Morgan fingerprint density at radius 2 is 0.841 bits per heavy atom. The highest BCUT2D eigenvalue weighted by atomic mass is 15.0. The van der Waals surface area contributed by atoms with E-state index in [1.54, 1.807) is 0 Å². The summed E-state index contributed by atoms with van der Waals surface area (Å²) in [6.07, 6.45) is 9.68. The van der Waals surface area contributed by atoms with Gasteiger partial charge in [-0.25, -0.2) is 0 Å². The average Bonchev–Trinajstić information content (AvgIpc) is 3.40. The molecular formula is C42H46N2+2. The molecule has 0 aliphatic heterocycles. The van der Waals surface area contributed by atoms with Gasteiger partial charge in [0.15, 0.2) is 12.4 Å². The lowest BCUT2D eigenvalue weighted by Gasteiger charge is -2.23. The van der Waals surface area contributed by atoms with E-state index in [2.05, 4.69) is 148 Å². The topological polar surface area (TPSA) is 7.76 Å². The number of benzene rings is 3. The molecule has 7 rings (SSSR count). The number of pyridine rings is 2. The first-order chi connectivity index (χ1) is 21.3.